The zero-order valence-electron chi connectivity index (χ0n) is 11.6. The van der Waals surface area contributed by atoms with Crippen molar-refractivity contribution < 1.29 is 4.39 Å². The van der Waals surface area contributed by atoms with Crippen molar-refractivity contribution in [2.24, 2.45) is 5.10 Å². The summed E-state index contributed by atoms with van der Waals surface area (Å²) < 4.78 is 12.7. The predicted octanol–water partition coefficient (Wildman–Crippen LogP) is 3.71. The van der Waals surface area contributed by atoms with Gasteiger partial charge in [-0.1, -0.05) is 31.2 Å². The van der Waals surface area contributed by atoms with Gasteiger partial charge in [-0.25, -0.2) is 4.39 Å². The fraction of sp³-hybridized carbons (Fsp3) is 0.125. The zero-order valence-corrected chi connectivity index (χ0v) is 12.5. The molecule has 3 nitrogen and oxygen atoms in total. The van der Waals surface area contributed by atoms with Crippen LogP contribution in [0.5, 0.6) is 0 Å². The second-order valence-electron chi connectivity index (χ2n) is 4.43. The average molecular weight is 301 g/mol. The van der Waals surface area contributed by atoms with Crippen LogP contribution in [0.1, 0.15) is 18.1 Å². The van der Waals surface area contributed by atoms with Crippen LogP contribution in [0.3, 0.4) is 0 Å². The first kappa shape index (κ1) is 15.1. The first-order chi connectivity index (χ1) is 10.2. The lowest BCUT2D eigenvalue weighted by Gasteiger charge is -2.07. The van der Waals surface area contributed by atoms with Crippen LogP contribution >= 0.6 is 12.2 Å². The highest BCUT2D eigenvalue weighted by Gasteiger charge is 1.96. The number of rotatable bonds is 4. The number of aryl methyl sites for hydroxylation is 1. The average Bonchev–Trinajstić information content (AvgIpc) is 2.50. The van der Waals surface area contributed by atoms with Crippen molar-refractivity contribution in [2.75, 3.05) is 5.32 Å². The fourth-order valence-corrected chi connectivity index (χ4v) is 1.87. The number of benzene rings is 2. The molecule has 0 saturated heterocycles. The van der Waals surface area contributed by atoms with Crippen LogP contribution in [0.15, 0.2) is 53.6 Å². The fourth-order valence-electron chi connectivity index (χ4n) is 1.70. The molecule has 2 N–H and O–H groups in total. The normalized spacial score (nSPS) is 10.6. The van der Waals surface area contributed by atoms with Crippen LogP contribution in [-0.2, 0) is 6.42 Å². The topological polar surface area (TPSA) is 36.4 Å². The Balaban J connectivity index is 1.85. The monoisotopic (exact) mass is 301 g/mol. The molecule has 108 valence electrons. The Morgan fingerprint density at radius 1 is 1.14 bits per heavy atom. The second-order valence-corrected chi connectivity index (χ2v) is 4.83. The van der Waals surface area contributed by atoms with E-state index in [4.69, 9.17) is 12.2 Å². The molecule has 0 aliphatic carbocycles. The summed E-state index contributed by atoms with van der Waals surface area (Å²) in [5, 5.41) is 7.44. The molecule has 0 radical (unpaired) electrons. The molecule has 0 saturated carbocycles. The number of halogens is 1. The molecule has 2 aromatic rings. The lowest BCUT2D eigenvalue weighted by atomic mass is 10.1. The molecule has 21 heavy (non-hydrogen) atoms. The molecular formula is C16H16FN3S. The third-order valence-corrected chi connectivity index (χ3v) is 3.06. The maximum absolute atomic E-state index is 12.7. The molecule has 2 aromatic carbocycles. The number of hydrogen-bond donors (Lipinski definition) is 2. The third kappa shape index (κ3) is 4.96. The van der Waals surface area contributed by atoms with Gasteiger partial charge < -0.3 is 5.32 Å². The van der Waals surface area contributed by atoms with Gasteiger partial charge in [-0.05, 0) is 54.0 Å². The quantitative estimate of drug-likeness (QED) is 0.513. The minimum Gasteiger partial charge on any atom is -0.331 e. The minimum atomic E-state index is -0.271. The van der Waals surface area contributed by atoms with Crippen molar-refractivity contribution in [1.82, 2.24) is 5.43 Å². The van der Waals surface area contributed by atoms with Crippen molar-refractivity contribution in [3.05, 3.63) is 65.5 Å². The van der Waals surface area contributed by atoms with E-state index in [0.717, 1.165) is 17.7 Å². The van der Waals surface area contributed by atoms with E-state index in [2.05, 4.69) is 22.8 Å². The van der Waals surface area contributed by atoms with E-state index < -0.39 is 0 Å². The Bertz CT molecular complexity index is 621. The van der Waals surface area contributed by atoms with Crippen LogP contribution in [0.2, 0.25) is 0 Å². The van der Waals surface area contributed by atoms with Gasteiger partial charge in [0, 0.05) is 5.69 Å². The van der Waals surface area contributed by atoms with Gasteiger partial charge in [0.2, 0.25) is 0 Å². The number of hydrogen-bond acceptors (Lipinski definition) is 2. The van der Waals surface area contributed by atoms with Gasteiger partial charge in [0.05, 0.1) is 6.21 Å². The third-order valence-electron chi connectivity index (χ3n) is 2.87. The summed E-state index contributed by atoms with van der Waals surface area (Å²) in [6.45, 7) is 2.11. The van der Waals surface area contributed by atoms with Gasteiger partial charge in [0.15, 0.2) is 5.11 Å². The van der Waals surface area contributed by atoms with Gasteiger partial charge in [0.25, 0.3) is 0 Å². The SMILES string of the molecule is CCc1ccc(NC(=S)N/N=C/c2ccc(F)cc2)cc1. The van der Waals surface area contributed by atoms with E-state index in [1.54, 1.807) is 18.3 Å². The Hall–Kier alpha value is -2.27. The van der Waals surface area contributed by atoms with Gasteiger partial charge in [-0.2, -0.15) is 5.10 Å². The molecule has 0 spiro atoms. The van der Waals surface area contributed by atoms with E-state index in [0.29, 0.717) is 5.11 Å². The smallest absolute Gasteiger partial charge is 0.191 e. The lowest BCUT2D eigenvalue weighted by molar-refractivity contribution is 0.628. The maximum Gasteiger partial charge on any atom is 0.191 e. The molecule has 0 bridgehead atoms. The number of hydrazone groups is 1. The molecule has 0 atom stereocenters. The van der Waals surface area contributed by atoms with E-state index in [1.165, 1.54) is 17.7 Å². The summed E-state index contributed by atoms with van der Waals surface area (Å²) in [6.07, 6.45) is 2.58. The molecule has 0 aliphatic rings. The number of nitrogens with one attached hydrogen (secondary N) is 2. The lowest BCUT2D eigenvalue weighted by Crippen LogP contribution is -2.23. The molecule has 0 amide bonds. The minimum absolute atomic E-state index is 0.271. The van der Waals surface area contributed by atoms with E-state index in [1.807, 2.05) is 24.3 Å². The molecule has 0 fully saturated rings. The number of nitrogens with zero attached hydrogens (tertiary/aromatic N) is 1. The van der Waals surface area contributed by atoms with Gasteiger partial charge in [-0.3, -0.25) is 5.43 Å². The van der Waals surface area contributed by atoms with Crippen LogP contribution in [0.25, 0.3) is 0 Å². The van der Waals surface area contributed by atoms with Crippen molar-refractivity contribution in [3.63, 3.8) is 0 Å². The van der Waals surface area contributed by atoms with Crippen LogP contribution < -0.4 is 10.7 Å². The Morgan fingerprint density at radius 2 is 1.81 bits per heavy atom. The first-order valence-corrected chi connectivity index (χ1v) is 7.03. The summed E-state index contributed by atoms with van der Waals surface area (Å²) in [5.74, 6) is -0.271. The highest BCUT2D eigenvalue weighted by molar-refractivity contribution is 7.80. The van der Waals surface area contributed by atoms with Crippen LogP contribution in [0, 0.1) is 5.82 Å². The largest absolute Gasteiger partial charge is 0.331 e. The first-order valence-electron chi connectivity index (χ1n) is 6.62. The van der Waals surface area contributed by atoms with Crippen molar-refractivity contribution in [3.8, 4) is 0 Å². The summed E-state index contributed by atoms with van der Waals surface area (Å²) in [7, 11) is 0. The van der Waals surface area contributed by atoms with E-state index in [9.17, 15) is 4.39 Å². The van der Waals surface area contributed by atoms with Crippen LogP contribution in [0.4, 0.5) is 10.1 Å². The second kappa shape index (κ2) is 7.50. The summed E-state index contributed by atoms with van der Waals surface area (Å²) >= 11 is 5.14. The van der Waals surface area contributed by atoms with Crippen molar-refractivity contribution in [2.45, 2.75) is 13.3 Å². The molecule has 0 aromatic heterocycles. The maximum atomic E-state index is 12.7. The summed E-state index contributed by atoms with van der Waals surface area (Å²) in [6, 6.07) is 14.1. The Kier molecular flexibility index (Phi) is 5.40. The predicted molar refractivity (Wildman–Crippen MR) is 89.2 cm³/mol. The molecule has 0 heterocycles. The van der Waals surface area contributed by atoms with Gasteiger partial charge in [0.1, 0.15) is 5.82 Å². The van der Waals surface area contributed by atoms with E-state index in [-0.39, 0.29) is 5.82 Å². The van der Waals surface area contributed by atoms with Crippen molar-refractivity contribution in [1.29, 1.82) is 0 Å². The van der Waals surface area contributed by atoms with Crippen molar-refractivity contribution >= 4 is 29.2 Å². The number of anilines is 1. The highest BCUT2D eigenvalue weighted by atomic mass is 32.1. The highest BCUT2D eigenvalue weighted by Crippen LogP contribution is 2.09. The van der Waals surface area contributed by atoms with Gasteiger partial charge >= 0.3 is 0 Å². The van der Waals surface area contributed by atoms with E-state index >= 15 is 0 Å². The zero-order chi connectivity index (χ0) is 15.1. The summed E-state index contributed by atoms with van der Waals surface area (Å²) in [4.78, 5) is 0. The molecule has 5 heteroatoms. The van der Waals surface area contributed by atoms with Gasteiger partial charge in [-0.15, -0.1) is 0 Å². The summed E-state index contributed by atoms with van der Waals surface area (Å²) in [5.41, 5.74) is 5.69. The molecule has 2 rings (SSSR count). The Labute approximate surface area is 128 Å². The van der Waals surface area contributed by atoms with Crippen LogP contribution in [-0.4, -0.2) is 11.3 Å². The number of thiocarbonyl (C=S) groups is 1. The molecule has 0 unspecified atom stereocenters. The molecular weight excluding hydrogens is 285 g/mol. The standard InChI is InChI=1S/C16H16FN3S/c1-2-12-5-9-15(10-6-12)19-16(21)20-18-11-13-3-7-14(17)8-4-13/h3-11H,2H2,1H3,(H2,19,20,21)/b18-11+. The molecule has 0 aliphatic heterocycles. The Morgan fingerprint density at radius 3 is 2.43 bits per heavy atom.